The molecule has 206 valence electrons. The molecule has 0 aliphatic heterocycles. The second-order valence-corrected chi connectivity index (χ2v) is 9.62. The number of rotatable bonds is 10. The van der Waals surface area contributed by atoms with E-state index in [1.54, 1.807) is 30.5 Å². The minimum Gasteiger partial charge on any atom is -0.492 e. The summed E-state index contributed by atoms with van der Waals surface area (Å²) in [6.45, 7) is 1.32. The highest BCUT2D eigenvalue weighted by atomic mass is 16.5. The van der Waals surface area contributed by atoms with Crippen LogP contribution in [0.1, 0.15) is 15.9 Å². The van der Waals surface area contributed by atoms with Crippen molar-refractivity contribution in [1.82, 2.24) is 19.9 Å². The molecule has 0 saturated carbocycles. The average Bonchev–Trinajstić information content (AvgIpc) is 2.98. The summed E-state index contributed by atoms with van der Waals surface area (Å²) in [5.41, 5.74) is 10.3. The fourth-order valence-corrected chi connectivity index (χ4v) is 4.12. The van der Waals surface area contributed by atoms with Crippen LogP contribution in [0.15, 0.2) is 85.2 Å². The maximum Gasteiger partial charge on any atom is 0.257 e. The molecule has 0 unspecified atom stereocenters. The molecule has 5 N–H and O–H groups in total. The van der Waals surface area contributed by atoms with Crippen LogP contribution in [-0.4, -0.2) is 59.2 Å². The van der Waals surface area contributed by atoms with Gasteiger partial charge in [-0.05, 0) is 74.8 Å². The molecule has 0 aliphatic carbocycles. The molecule has 10 nitrogen and oxygen atoms in total. The van der Waals surface area contributed by atoms with Gasteiger partial charge in [-0.1, -0.05) is 12.1 Å². The molecule has 0 fully saturated rings. The predicted molar refractivity (Wildman–Crippen MR) is 163 cm³/mol. The number of benzene rings is 3. The van der Waals surface area contributed by atoms with Crippen LogP contribution in [0.25, 0.3) is 22.3 Å². The van der Waals surface area contributed by atoms with Gasteiger partial charge in [0.05, 0.1) is 11.1 Å². The highest BCUT2D eigenvalue weighted by Gasteiger charge is 2.14. The lowest BCUT2D eigenvalue weighted by Crippen LogP contribution is -2.19. The van der Waals surface area contributed by atoms with Gasteiger partial charge < -0.3 is 31.4 Å². The number of nitrogens with one attached hydrogen (secondary N) is 3. The molecule has 5 aromatic rings. The molecule has 41 heavy (non-hydrogen) atoms. The predicted octanol–water partition coefficient (Wildman–Crippen LogP) is 5.21. The second-order valence-electron chi connectivity index (χ2n) is 9.62. The van der Waals surface area contributed by atoms with Crippen LogP contribution in [0.4, 0.5) is 22.9 Å². The van der Waals surface area contributed by atoms with Gasteiger partial charge in [0.2, 0.25) is 0 Å². The molecule has 0 aliphatic rings. The van der Waals surface area contributed by atoms with Gasteiger partial charge in [0.25, 0.3) is 5.91 Å². The highest BCUT2D eigenvalue weighted by molar-refractivity contribution is 6.04. The topological polar surface area (TPSA) is 142 Å². The third-order valence-corrected chi connectivity index (χ3v) is 6.28. The first-order valence-corrected chi connectivity index (χ1v) is 13.0. The Balaban J connectivity index is 1.52. The molecule has 1 amide bonds. The Morgan fingerprint density at radius 2 is 1.90 bits per heavy atom. The summed E-state index contributed by atoms with van der Waals surface area (Å²) in [6, 6.07) is 21.9. The first-order valence-electron chi connectivity index (χ1n) is 13.0. The molecule has 0 saturated heterocycles. The molecule has 0 spiro atoms. The van der Waals surface area contributed by atoms with Gasteiger partial charge in [-0.2, -0.15) is 0 Å². The van der Waals surface area contributed by atoms with Crippen molar-refractivity contribution in [2.75, 3.05) is 43.6 Å². The van der Waals surface area contributed by atoms with Crippen LogP contribution in [0.2, 0.25) is 0 Å². The number of aromatic nitrogens is 3. The number of nitrogens with two attached hydrogens (primary N) is 1. The largest absolute Gasteiger partial charge is 0.492 e. The van der Waals surface area contributed by atoms with E-state index >= 15 is 0 Å². The van der Waals surface area contributed by atoms with Crippen molar-refractivity contribution in [3.05, 3.63) is 96.3 Å². The summed E-state index contributed by atoms with van der Waals surface area (Å²) >= 11 is 0. The number of anilines is 4. The van der Waals surface area contributed by atoms with E-state index in [2.05, 4.69) is 20.5 Å². The maximum absolute atomic E-state index is 12.7. The highest BCUT2D eigenvalue weighted by Crippen LogP contribution is 2.31. The van der Waals surface area contributed by atoms with Crippen molar-refractivity contribution < 1.29 is 9.53 Å². The first-order chi connectivity index (χ1) is 19.9. The quantitative estimate of drug-likeness (QED) is 0.138. The summed E-state index contributed by atoms with van der Waals surface area (Å²) in [6.07, 6.45) is 4.35. The van der Waals surface area contributed by atoms with E-state index in [0.717, 1.165) is 23.2 Å². The molecule has 0 atom stereocenters. The number of fused-ring (bicyclic) bond motifs is 1. The van der Waals surface area contributed by atoms with Crippen LogP contribution in [0.3, 0.4) is 0 Å². The Morgan fingerprint density at radius 3 is 2.68 bits per heavy atom. The number of carbonyl (C=O) groups excluding carboxylic acids is 1. The molecule has 0 bridgehead atoms. The van der Waals surface area contributed by atoms with E-state index in [1.165, 1.54) is 12.4 Å². The molecule has 10 heteroatoms. The number of ether oxygens (including phenoxy) is 1. The number of amides is 1. The fraction of sp³-hybridized carbons (Fsp3) is 0.129. The number of likely N-dealkylation sites (N-methyl/N-ethyl adjacent to an activating group) is 1. The van der Waals surface area contributed by atoms with Gasteiger partial charge in [-0.3, -0.25) is 9.78 Å². The summed E-state index contributed by atoms with van der Waals surface area (Å²) in [4.78, 5) is 28.5. The van der Waals surface area contributed by atoms with Crippen LogP contribution in [-0.2, 0) is 0 Å². The normalized spacial score (nSPS) is 10.9. The number of nitrogen functional groups attached to an aromatic ring is 1. The van der Waals surface area contributed by atoms with Gasteiger partial charge >= 0.3 is 0 Å². The molecular formula is C31H30N8O2. The smallest absolute Gasteiger partial charge is 0.257 e. The van der Waals surface area contributed by atoms with Crippen molar-refractivity contribution in [2.45, 2.75) is 0 Å². The summed E-state index contributed by atoms with van der Waals surface area (Å²) in [5, 5.41) is 14.7. The van der Waals surface area contributed by atoms with Crippen molar-refractivity contribution in [3.63, 3.8) is 0 Å². The maximum atomic E-state index is 12.7. The fourth-order valence-electron chi connectivity index (χ4n) is 4.12. The molecular weight excluding hydrogens is 516 g/mol. The zero-order chi connectivity index (χ0) is 28.8. The Bertz CT molecular complexity index is 1710. The summed E-state index contributed by atoms with van der Waals surface area (Å²) < 4.78 is 5.97. The zero-order valence-corrected chi connectivity index (χ0v) is 22.8. The Morgan fingerprint density at radius 1 is 1.02 bits per heavy atom. The van der Waals surface area contributed by atoms with Gasteiger partial charge in [-0.25, -0.2) is 9.97 Å². The van der Waals surface area contributed by atoms with Crippen molar-refractivity contribution in [2.24, 2.45) is 0 Å². The molecule has 0 radical (unpaired) electrons. The summed E-state index contributed by atoms with van der Waals surface area (Å²) in [7, 11) is 3.99. The summed E-state index contributed by atoms with van der Waals surface area (Å²) in [5.74, 6) is 1.48. The number of hydrogen-bond acceptors (Lipinski definition) is 9. The monoisotopic (exact) mass is 546 g/mol. The molecule has 2 heterocycles. The minimum absolute atomic E-state index is 0.260. The number of carbonyl (C=O) groups is 1. The molecule has 3 aromatic carbocycles. The third-order valence-electron chi connectivity index (χ3n) is 6.28. The number of pyridine rings is 1. The zero-order valence-electron chi connectivity index (χ0n) is 22.8. The van der Waals surface area contributed by atoms with Gasteiger partial charge in [-0.15, -0.1) is 0 Å². The van der Waals surface area contributed by atoms with E-state index in [4.69, 9.17) is 25.8 Å². The lowest BCUT2D eigenvalue weighted by Gasteiger charge is -2.15. The van der Waals surface area contributed by atoms with Crippen LogP contribution >= 0.6 is 0 Å². The number of hydrogen-bond donors (Lipinski definition) is 4. The standard InChI is InChI=1S/C31H30N8O2/c1-39(2)13-14-41-25-9-11-28-26(17-25)30(35-24-8-10-27(33)22(16-24)18-32)38-29(37-28)20-5-3-7-23(15-20)36-31(40)21-6-4-12-34-19-21/h3-12,15-19,32H,13-14,33H2,1-2H3,(H,36,40)(H,35,37,38). The Hall–Kier alpha value is -5.35. The van der Waals surface area contributed by atoms with E-state index in [0.29, 0.717) is 52.0 Å². The number of nitrogens with zero attached hydrogens (tertiary/aromatic N) is 4. The van der Waals surface area contributed by atoms with E-state index in [9.17, 15) is 4.79 Å². The lowest BCUT2D eigenvalue weighted by atomic mass is 10.1. The van der Waals surface area contributed by atoms with Crippen molar-refractivity contribution >= 4 is 45.9 Å². The first kappa shape index (κ1) is 27.2. The lowest BCUT2D eigenvalue weighted by molar-refractivity contribution is 0.102. The van der Waals surface area contributed by atoms with Crippen molar-refractivity contribution in [1.29, 1.82) is 5.41 Å². The second kappa shape index (κ2) is 12.2. The van der Waals surface area contributed by atoms with Crippen LogP contribution in [0, 0.1) is 5.41 Å². The molecule has 5 rings (SSSR count). The van der Waals surface area contributed by atoms with E-state index in [1.807, 2.05) is 62.6 Å². The van der Waals surface area contributed by atoms with E-state index < -0.39 is 0 Å². The van der Waals surface area contributed by atoms with Gasteiger partial charge in [0, 0.05) is 58.7 Å². The van der Waals surface area contributed by atoms with Crippen LogP contribution < -0.4 is 21.1 Å². The molecule has 2 aromatic heterocycles. The van der Waals surface area contributed by atoms with Crippen LogP contribution in [0.5, 0.6) is 5.75 Å². The average molecular weight is 547 g/mol. The Kier molecular flexibility index (Phi) is 8.12. The minimum atomic E-state index is -0.260. The van der Waals surface area contributed by atoms with Gasteiger partial charge in [0.15, 0.2) is 5.82 Å². The Labute approximate surface area is 237 Å². The van der Waals surface area contributed by atoms with Crippen molar-refractivity contribution in [3.8, 4) is 17.1 Å². The third kappa shape index (κ3) is 6.63. The van der Waals surface area contributed by atoms with Gasteiger partial charge in [0.1, 0.15) is 18.2 Å². The van der Waals surface area contributed by atoms with E-state index in [-0.39, 0.29) is 5.91 Å². The SMILES string of the molecule is CN(C)CCOc1ccc2nc(-c3cccc(NC(=O)c4cccnc4)c3)nc(Nc3ccc(N)c(C=N)c3)c2c1.